The molecule has 1 heterocycles. The molecular formula is C14H19N3O3. The highest BCUT2D eigenvalue weighted by Gasteiger charge is 2.29. The summed E-state index contributed by atoms with van der Waals surface area (Å²) in [6.07, 6.45) is 1.00. The van der Waals surface area contributed by atoms with Gasteiger partial charge in [0.1, 0.15) is 6.10 Å². The minimum absolute atomic E-state index is 0.0311. The van der Waals surface area contributed by atoms with Crippen molar-refractivity contribution < 1.29 is 14.3 Å². The van der Waals surface area contributed by atoms with E-state index in [-0.39, 0.29) is 17.9 Å². The number of nitrogens with one attached hydrogen (secondary N) is 2. The predicted octanol–water partition coefficient (Wildman–Crippen LogP) is 1.09. The second kappa shape index (κ2) is 6.49. The van der Waals surface area contributed by atoms with Crippen molar-refractivity contribution in [3.63, 3.8) is 0 Å². The average Bonchev–Trinajstić information content (AvgIpc) is 2.87. The Morgan fingerprint density at radius 2 is 2.00 bits per heavy atom. The number of carbonyl (C=O) groups is 2. The summed E-state index contributed by atoms with van der Waals surface area (Å²) in [6.45, 7) is 1.87. The molecule has 6 nitrogen and oxygen atoms in total. The topological polar surface area (TPSA) is 93.5 Å². The molecule has 0 spiro atoms. The van der Waals surface area contributed by atoms with E-state index in [0.29, 0.717) is 24.3 Å². The molecule has 1 aliphatic heterocycles. The first-order valence-electron chi connectivity index (χ1n) is 6.62. The first kappa shape index (κ1) is 14.5. The van der Waals surface area contributed by atoms with Gasteiger partial charge in [-0.15, -0.1) is 0 Å². The van der Waals surface area contributed by atoms with Gasteiger partial charge in [-0.3, -0.25) is 9.59 Å². The van der Waals surface area contributed by atoms with Crippen molar-refractivity contribution in [3.8, 4) is 0 Å². The maximum Gasteiger partial charge on any atom is 0.253 e. The SMILES string of the molecule is CC(=O)Nc1cccc(NC(=O)C2CCC(CN)O2)c1. The number of hydrogen-bond acceptors (Lipinski definition) is 4. The number of hydrogen-bond donors (Lipinski definition) is 3. The van der Waals surface area contributed by atoms with Crippen molar-refractivity contribution in [1.29, 1.82) is 0 Å². The van der Waals surface area contributed by atoms with Crippen LogP contribution in [0.3, 0.4) is 0 Å². The van der Waals surface area contributed by atoms with E-state index < -0.39 is 6.10 Å². The molecule has 1 fully saturated rings. The van der Waals surface area contributed by atoms with Crippen molar-refractivity contribution in [2.45, 2.75) is 32.0 Å². The molecule has 0 aliphatic carbocycles. The number of rotatable bonds is 4. The third-order valence-electron chi connectivity index (χ3n) is 3.11. The lowest BCUT2D eigenvalue weighted by Gasteiger charge is -2.13. The summed E-state index contributed by atoms with van der Waals surface area (Å²) in [7, 11) is 0. The van der Waals surface area contributed by atoms with Crippen LogP contribution >= 0.6 is 0 Å². The smallest absolute Gasteiger partial charge is 0.253 e. The van der Waals surface area contributed by atoms with Crippen LogP contribution in [0.4, 0.5) is 11.4 Å². The van der Waals surface area contributed by atoms with Crippen molar-refractivity contribution in [1.82, 2.24) is 0 Å². The number of amides is 2. The zero-order valence-corrected chi connectivity index (χ0v) is 11.4. The van der Waals surface area contributed by atoms with Gasteiger partial charge < -0.3 is 21.1 Å². The molecule has 1 aromatic carbocycles. The van der Waals surface area contributed by atoms with Crippen LogP contribution in [0.5, 0.6) is 0 Å². The van der Waals surface area contributed by atoms with Gasteiger partial charge in [0.25, 0.3) is 5.91 Å². The van der Waals surface area contributed by atoms with Gasteiger partial charge in [0.2, 0.25) is 5.91 Å². The second-order valence-corrected chi connectivity index (χ2v) is 4.81. The summed E-state index contributed by atoms with van der Waals surface area (Å²) in [6, 6.07) is 6.99. The summed E-state index contributed by atoms with van der Waals surface area (Å²) < 4.78 is 5.53. The van der Waals surface area contributed by atoms with E-state index in [4.69, 9.17) is 10.5 Å². The summed E-state index contributed by atoms with van der Waals surface area (Å²) in [5.74, 6) is -0.334. The van der Waals surface area contributed by atoms with E-state index in [1.54, 1.807) is 24.3 Å². The molecule has 2 unspecified atom stereocenters. The molecule has 20 heavy (non-hydrogen) atoms. The van der Waals surface area contributed by atoms with Gasteiger partial charge in [0.05, 0.1) is 6.10 Å². The van der Waals surface area contributed by atoms with Crippen LogP contribution < -0.4 is 16.4 Å². The van der Waals surface area contributed by atoms with Crippen LogP contribution in [0, 0.1) is 0 Å². The Kier molecular flexibility index (Phi) is 4.70. The molecule has 0 radical (unpaired) electrons. The van der Waals surface area contributed by atoms with Gasteiger partial charge in [0.15, 0.2) is 0 Å². The molecule has 2 atom stereocenters. The molecule has 1 aliphatic rings. The standard InChI is InChI=1S/C14H19N3O3/c1-9(18)16-10-3-2-4-11(7-10)17-14(19)13-6-5-12(8-15)20-13/h2-4,7,12-13H,5-6,8,15H2,1H3,(H,16,18)(H,17,19). The van der Waals surface area contributed by atoms with Crippen LogP contribution in [-0.2, 0) is 14.3 Å². The Bertz CT molecular complexity index is 504. The molecule has 1 saturated heterocycles. The zero-order valence-electron chi connectivity index (χ0n) is 11.4. The molecule has 0 bridgehead atoms. The van der Waals surface area contributed by atoms with E-state index >= 15 is 0 Å². The van der Waals surface area contributed by atoms with E-state index in [0.717, 1.165) is 6.42 Å². The third-order valence-corrected chi connectivity index (χ3v) is 3.11. The number of ether oxygens (including phenoxy) is 1. The minimum Gasteiger partial charge on any atom is -0.364 e. The van der Waals surface area contributed by atoms with Crippen LogP contribution in [0.1, 0.15) is 19.8 Å². The van der Waals surface area contributed by atoms with E-state index in [1.807, 2.05) is 0 Å². The highest BCUT2D eigenvalue weighted by molar-refractivity contribution is 5.95. The molecule has 4 N–H and O–H groups in total. The fourth-order valence-electron chi connectivity index (χ4n) is 2.17. The van der Waals surface area contributed by atoms with Gasteiger partial charge in [0, 0.05) is 24.8 Å². The molecule has 1 aromatic rings. The maximum atomic E-state index is 12.0. The molecule has 0 aromatic heterocycles. The lowest BCUT2D eigenvalue weighted by molar-refractivity contribution is -0.126. The molecule has 2 amide bonds. The Morgan fingerprint density at radius 1 is 1.30 bits per heavy atom. The van der Waals surface area contributed by atoms with E-state index in [1.165, 1.54) is 6.92 Å². The van der Waals surface area contributed by atoms with Crippen molar-refractivity contribution in [3.05, 3.63) is 24.3 Å². The Morgan fingerprint density at radius 3 is 2.60 bits per heavy atom. The zero-order chi connectivity index (χ0) is 14.5. The molecular weight excluding hydrogens is 258 g/mol. The van der Waals surface area contributed by atoms with Gasteiger partial charge in [-0.05, 0) is 31.0 Å². The number of benzene rings is 1. The fourth-order valence-corrected chi connectivity index (χ4v) is 2.17. The summed E-state index contributed by atoms with van der Waals surface area (Å²) in [4.78, 5) is 23.0. The van der Waals surface area contributed by atoms with Gasteiger partial charge >= 0.3 is 0 Å². The number of nitrogens with two attached hydrogens (primary N) is 1. The first-order valence-corrected chi connectivity index (χ1v) is 6.62. The maximum absolute atomic E-state index is 12.0. The van der Waals surface area contributed by atoms with E-state index in [9.17, 15) is 9.59 Å². The highest BCUT2D eigenvalue weighted by Crippen LogP contribution is 2.21. The summed E-state index contributed by atoms with van der Waals surface area (Å²) >= 11 is 0. The molecule has 0 saturated carbocycles. The van der Waals surface area contributed by atoms with Gasteiger partial charge in [-0.25, -0.2) is 0 Å². The Labute approximate surface area is 117 Å². The second-order valence-electron chi connectivity index (χ2n) is 4.81. The summed E-state index contributed by atoms with van der Waals surface area (Å²) in [5, 5.41) is 5.45. The predicted molar refractivity (Wildman–Crippen MR) is 76.3 cm³/mol. The van der Waals surface area contributed by atoms with Crippen LogP contribution in [0.25, 0.3) is 0 Å². The summed E-state index contributed by atoms with van der Waals surface area (Å²) in [5.41, 5.74) is 6.79. The number of carbonyl (C=O) groups excluding carboxylic acids is 2. The monoisotopic (exact) mass is 277 g/mol. The van der Waals surface area contributed by atoms with Gasteiger partial charge in [-0.2, -0.15) is 0 Å². The fraction of sp³-hybridized carbons (Fsp3) is 0.429. The number of anilines is 2. The van der Waals surface area contributed by atoms with Crippen LogP contribution in [0.2, 0.25) is 0 Å². The third kappa shape index (κ3) is 3.79. The average molecular weight is 277 g/mol. The largest absolute Gasteiger partial charge is 0.364 e. The molecule has 108 valence electrons. The van der Waals surface area contributed by atoms with Crippen LogP contribution in [0.15, 0.2) is 24.3 Å². The molecule has 6 heteroatoms. The lowest BCUT2D eigenvalue weighted by atomic mass is 10.2. The van der Waals surface area contributed by atoms with Crippen molar-refractivity contribution >= 4 is 23.2 Å². The minimum atomic E-state index is -0.451. The Balaban J connectivity index is 1.96. The van der Waals surface area contributed by atoms with E-state index in [2.05, 4.69) is 10.6 Å². The normalized spacial score (nSPS) is 21.5. The first-order chi connectivity index (χ1) is 9.58. The van der Waals surface area contributed by atoms with Crippen LogP contribution in [-0.4, -0.2) is 30.6 Å². The van der Waals surface area contributed by atoms with Crippen molar-refractivity contribution in [2.75, 3.05) is 17.2 Å². The quantitative estimate of drug-likeness (QED) is 0.768. The lowest BCUT2D eigenvalue weighted by Crippen LogP contribution is -2.29. The van der Waals surface area contributed by atoms with Crippen molar-refractivity contribution in [2.24, 2.45) is 5.73 Å². The van der Waals surface area contributed by atoms with Gasteiger partial charge in [-0.1, -0.05) is 6.07 Å². The molecule has 2 rings (SSSR count). The highest BCUT2D eigenvalue weighted by atomic mass is 16.5. The Hall–Kier alpha value is -1.92.